The van der Waals surface area contributed by atoms with Gasteiger partial charge in [0.2, 0.25) is 0 Å². The highest BCUT2D eigenvalue weighted by Crippen LogP contribution is 2.30. The zero-order chi connectivity index (χ0) is 22.1. The molecule has 2 aliphatic rings. The van der Waals surface area contributed by atoms with Gasteiger partial charge in [0.15, 0.2) is 0 Å². The fourth-order valence-electron chi connectivity index (χ4n) is 3.72. The Balaban J connectivity index is 1.56. The lowest BCUT2D eigenvalue weighted by molar-refractivity contribution is 0.257. The third kappa shape index (κ3) is 4.15. The van der Waals surface area contributed by atoms with E-state index in [9.17, 15) is 0 Å². The highest BCUT2D eigenvalue weighted by Gasteiger charge is 2.32. The smallest absolute Gasteiger partial charge is 0.147 e. The minimum atomic E-state index is 0.0413. The summed E-state index contributed by atoms with van der Waals surface area (Å²) < 4.78 is 1.95. The molecular weight excluding hydrogens is 382 g/mol. The average Bonchev–Trinajstić information content (AvgIpc) is 3.32. The SMILES string of the molecule is C=C(C)c1ccc(C)c(C#CC2=CN(C)C3C(Nc4cnn(C(C)C)c4)=CC=CN23)c1. The van der Waals surface area contributed by atoms with Gasteiger partial charge in [0, 0.05) is 37.2 Å². The number of aryl methyl sites for hydroxylation is 1. The van der Waals surface area contributed by atoms with Gasteiger partial charge in [0.05, 0.1) is 17.6 Å². The Labute approximate surface area is 185 Å². The maximum Gasteiger partial charge on any atom is 0.147 e. The van der Waals surface area contributed by atoms with E-state index in [1.165, 1.54) is 5.56 Å². The number of nitrogens with zero attached hydrogens (tertiary/aromatic N) is 4. The highest BCUT2D eigenvalue weighted by molar-refractivity contribution is 5.64. The first-order valence-corrected chi connectivity index (χ1v) is 10.5. The van der Waals surface area contributed by atoms with E-state index >= 15 is 0 Å². The number of benzene rings is 1. The first-order valence-electron chi connectivity index (χ1n) is 10.5. The molecule has 0 radical (unpaired) electrons. The van der Waals surface area contributed by atoms with Crippen LogP contribution in [0.15, 0.2) is 73.1 Å². The molecule has 1 aromatic carbocycles. The van der Waals surface area contributed by atoms with Crippen LogP contribution in [0.4, 0.5) is 5.69 Å². The molecule has 5 nitrogen and oxygen atoms in total. The fourth-order valence-corrected chi connectivity index (χ4v) is 3.72. The number of hydrogen-bond donors (Lipinski definition) is 1. The molecule has 4 rings (SSSR count). The molecule has 1 atom stereocenters. The van der Waals surface area contributed by atoms with Gasteiger partial charge in [-0.15, -0.1) is 0 Å². The zero-order valence-corrected chi connectivity index (χ0v) is 18.8. The lowest BCUT2D eigenvalue weighted by atomic mass is 10.0. The van der Waals surface area contributed by atoms with Gasteiger partial charge in [-0.05, 0) is 63.0 Å². The molecule has 2 aliphatic heterocycles. The van der Waals surface area contributed by atoms with E-state index in [1.807, 2.05) is 30.1 Å². The number of rotatable bonds is 4. The number of fused-ring (bicyclic) bond motifs is 1. The fraction of sp³-hybridized carbons (Fsp3) is 0.269. The third-order valence-electron chi connectivity index (χ3n) is 5.53. The van der Waals surface area contributed by atoms with Gasteiger partial charge >= 0.3 is 0 Å². The van der Waals surface area contributed by atoms with E-state index in [-0.39, 0.29) is 6.17 Å². The zero-order valence-electron chi connectivity index (χ0n) is 18.8. The van der Waals surface area contributed by atoms with Crippen LogP contribution >= 0.6 is 0 Å². The minimum Gasteiger partial charge on any atom is -0.353 e. The van der Waals surface area contributed by atoms with Gasteiger partial charge in [-0.25, -0.2) is 0 Å². The van der Waals surface area contributed by atoms with Crippen LogP contribution in [0.3, 0.4) is 0 Å². The molecule has 1 unspecified atom stereocenters. The Kier molecular flexibility index (Phi) is 5.48. The second-order valence-corrected chi connectivity index (χ2v) is 8.41. The van der Waals surface area contributed by atoms with E-state index < -0.39 is 0 Å². The second-order valence-electron chi connectivity index (χ2n) is 8.41. The van der Waals surface area contributed by atoms with E-state index in [0.29, 0.717) is 6.04 Å². The number of hydrogen-bond acceptors (Lipinski definition) is 4. The van der Waals surface area contributed by atoms with Gasteiger partial charge in [0.1, 0.15) is 11.9 Å². The van der Waals surface area contributed by atoms with Crippen molar-refractivity contribution in [2.24, 2.45) is 0 Å². The molecule has 0 saturated heterocycles. The summed E-state index contributed by atoms with van der Waals surface area (Å²) in [6, 6.07) is 6.65. The average molecular weight is 412 g/mol. The topological polar surface area (TPSA) is 36.3 Å². The maximum atomic E-state index is 4.43. The number of aromatic nitrogens is 2. The lowest BCUT2D eigenvalue weighted by Crippen LogP contribution is -2.40. The normalized spacial score (nSPS) is 17.2. The van der Waals surface area contributed by atoms with Crippen LogP contribution in [0.25, 0.3) is 5.57 Å². The molecule has 31 heavy (non-hydrogen) atoms. The van der Waals surface area contributed by atoms with E-state index in [2.05, 4.69) is 103 Å². The Morgan fingerprint density at radius 2 is 2.06 bits per heavy atom. The summed E-state index contributed by atoms with van der Waals surface area (Å²) in [5, 5.41) is 7.96. The number of likely N-dealkylation sites (N-methyl/N-ethyl adjacent to an activating group) is 1. The van der Waals surface area contributed by atoms with Crippen molar-refractivity contribution in [2.75, 3.05) is 12.4 Å². The lowest BCUT2D eigenvalue weighted by Gasteiger charge is -2.33. The molecule has 1 N–H and O–H groups in total. The van der Waals surface area contributed by atoms with Crippen molar-refractivity contribution in [3.05, 3.63) is 89.8 Å². The molecule has 0 spiro atoms. The van der Waals surface area contributed by atoms with Crippen molar-refractivity contribution < 1.29 is 0 Å². The van der Waals surface area contributed by atoms with Crippen molar-refractivity contribution in [2.45, 2.75) is 39.9 Å². The van der Waals surface area contributed by atoms with Crippen LogP contribution in [0, 0.1) is 18.8 Å². The molecule has 1 aromatic heterocycles. The summed E-state index contributed by atoms with van der Waals surface area (Å²) in [4.78, 5) is 4.37. The van der Waals surface area contributed by atoms with Gasteiger partial charge in [-0.3, -0.25) is 4.68 Å². The van der Waals surface area contributed by atoms with Crippen LogP contribution in [0.5, 0.6) is 0 Å². The molecule has 0 fully saturated rings. The summed E-state index contributed by atoms with van der Waals surface area (Å²) in [5.41, 5.74) is 7.40. The monoisotopic (exact) mass is 411 g/mol. The van der Waals surface area contributed by atoms with Gasteiger partial charge in [-0.1, -0.05) is 30.2 Å². The van der Waals surface area contributed by atoms with E-state index in [1.54, 1.807) is 0 Å². The van der Waals surface area contributed by atoms with Crippen LogP contribution < -0.4 is 5.32 Å². The molecular formula is C26H29N5. The number of anilines is 1. The Morgan fingerprint density at radius 1 is 1.26 bits per heavy atom. The second kappa shape index (κ2) is 8.23. The molecule has 0 aliphatic carbocycles. The van der Waals surface area contributed by atoms with Gasteiger partial charge < -0.3 is 15.1 Å². The first kappa shape index (κ1) is 20.6. The highest BCUT2D eigenvalue weighted by atomic mass is 15.4. The van der Waals surface area contributed by atoms with Crippen molar-refractivity contribution in [3.8, 4) is 11.8 Å². The largest absolute Gasteiger partial charge is 0.353 e. The molecule has 0 bridgehead atoms. The molecule has 5 heteroatoms. The summed E-state index contributed by atoms with van der Waals surface area (Å²) in [6.07, 6.45) is 12.3. The molecule has 0 amide bonds. The Morgan fingerprint density at radius 3 is 2.77 bits per heavy atom. The Hall–Kier alpha value is -3.65. The summed E-state index contributed by atoms with van der Waals surface area (Å²) in [6.45, 7) is 12.4. The first-order chi connectivity index (χ1) is 14.8. The van der Waals surface area contributed by atoms with Crippen molar-refractivity contribution in [3.63, 3.8) is 0 Å². The van der Waals surface area contributed by atoms with Crippen LogP contribution in [0.1, 0.15) is 43.5 Å². The molecule has 2 aromatic rings. The van der Waals surface area contributed by atoms with Crippen molar-refractivity contribution >= 4 is 11.3 Å². The minimum absolute atomic E-state index is 0.0413. The van der Waals surface area contributed by atoms with Crippen LogP contribution in [0.2, 0.25) is 0 Å². The van der Waals surface area contributed by atoms with E-state index in [0.717, 1.165) is 33.8 Å². The van der Waals surface area contributed by atoms with E-state index in [4.69, 9.17) is 0 Å². The van der Waals surface area contributed by atoms with Gasteiger partial charge in [0.25, 0.3) is 0 Å². The maximum absolute atomic E-state index is 4.43. The summed E-state index contributed by atoms with van der Waals surface area (Å²) in [7, 11) is 2.07. The molecule has 158 valence electrons. The van der Waals surface area contributed by atoms with Crippen LogP contribution in [-0.4, -0.2) is 32.8 Å². The van der Waals surface area contributed by atoms with Crippen LogP contribution in [-0.2, 0) is 0 Å². The standard InChI is InChI=1S/C26H29N5/c1-18(2)21-10-9-20(5)22(14-21)11-12-24-17-29(6)26-25(8-7-13-30(24)26)28-23-15-27-31(16-23)19(3)4/h7-10,13-17,19,26,28H,1H2,2-6H3. The third-order valence-corrected chi connectivity index (χ3v) is 5.53. The Bertz CT molecular complexity index is 1170. The molecule has 3 heterocycles. The number of nitrogens with one attached hydrogen (secondary N) is 1. The quantitative estimate of drug-likeness (QED) is 0.711. The summed E-state index contributed by atoms with van der Waals surface area (Å²) >= 11 is 0. The predicted molar refractivity (Wildman–Crippen MR) is 128 cm³/mol. The molecule has 0 saturated carbocycles. The number of allylic oxidation sites excluding steroid dienone is 4. The summed E-state index contributed by atoms with van der Waals surface area (Å²) in [5.74, 6) is 6.75. The van der Waals surface area contributed by atoms with Crippen molar-refractivity contribution in [1.29, 1.82) is 0 Å². The van der Waals surface area contributed by atoms with Crippen molar-refractivity contribution in [1.82, 2.24) is 19.6 Å². The van der Waals surface area contributed by atoms with Gasteiger partial charge in [-0.2, -0.15) is 5.10 Å². The predicted octanol–water partition coefficient (Wildman–Crippen LogP) is 5.10.